The normalized spacial score (nSPS) is 17.1. The molecule has 1 heterocycles. The molecule has 1 atom stereocenters. The number of fused-ring (bicyclic) bond motifs is 1. The van der Waals surface area contributed by atoms with Gasteiger partial charge < -0.3 is 24.6 Å². The second kappa shape index (κ2) is 8.28. The van der Waals surface area contributed by atoms with Gasteiger partial charge >= 0.3 is 5.97 Å². The molecule has 4 rings (SSSR count). The van der Waals surface area contributed by atoms with Gasteiger partial charge in [0.05, 0.1) is 14.2 Å². The minimum absolute atomic E-state index is 0.0808. The summed E-state index contributed by atoms with van der Waals surface area (Å²) in [5.74, 6) is 0.467. The lowest BCUT2D eigenvalue weighted by molar-refractivity contribution is -0.148. The Balaban J connectivity index is 1.84. The van der Waals surface area contributed by atoms with Crippen LogP contribution in [0.15, 0.2) is 30.3 Å². The van der Waals surface area contributed by atoms with Gasteiger partial charge in [0.2, 0.25) is 5.75 Å². The summed E-state index contributed by atoms with van der Waals surface area (Å²) < 4.78 is 17.8. The maximum atomic E-state index is 12.2. The lowest BCUT2D eigenvalue weighted by Crippen LogP contribution is -2.38. The molecule has 2 aromatic carbocycles. The van der Waals surface area contributed by atoms with Gasteiger partial charge in [0.25, 0.3) is 5.91 Å². The summed E-state index contributed by atoms with van der Waals surface area (Å²) in [6.07, 6.45) is 1.20. The fourth-order valence-corrected chi connectivity index (χ4v) is 4.50. The highest BCUT2D eigenvalue weighted by Crippen LogP contribution is 2.55. The molecule has 2 aliphatic rings. The van der Waals surface area contributed by atoms with Crippen molar-refractivity contribution in [3.05, 3.63) is 41.5 Å². The largest absolute Gasteiger partial charge is 0.493 e. The van der Waals surface area contributed by atoms with E-state index in [1.165, 1.54) is 0 Å². The van der Waals surface area contributed by atoms with E-state index >= 15 is 0 Å². The zero-order chi connectivity index (χ0) is 24.0. The Morgan fingerprint density at radius 3 is 2.36 bits per heavy atom. The molecule has 33 heavy (non-hydrogen) atoms. The number of carbonyl (C=O) groups is 2. The summed E-state index contributed by atoms with van der Waals surface area (Å²) in [4.78, 5) is 24.2. The van der Waals surface area contributed by atoms with E-state index in [4.69, 9.17) is 14.2 Å². The van der Waals surface area contributed by atoms with Gasteiger partial charge in [-0.3, -0.25) is 9.59 Å². The summed E-state index contributed by atoms with van der Waals surface area (Å²) in [6.45, 7) is 6.71. The lowest BCUT2D eigenvalue weighted by atomic mass is 9.83. The molecular weight excluding hydrogens is 422 g/mol. The number of rotatable bonds is 8. The van der Waals surface area contributed by atoms with Crippen molar-refractivity contribution in [3.63, 3.8) is 0 Å². The summed E-state index contributed by atoms with van der Waals surface area (Å²) in [6, 6.07) is 9.34. The first kappa shape index (κ1) is 23.0. The quantitative estimate of drug-likeness (QED) is 0.604. The molecule has 1 fully saturated rings. The van der Waals surface area contributed by atoms with E-state index in [1.807, 2.05) is 18.2 Å². The van der Waals surface area contributed by atoms with Gasteiger partial charge in [0.1, 0.15) is 11.5 Å². The molecule has 0 spiro atoms. The molecule has 0 saturated heterocycles. The van der Waals surface area contributed by atoms with E-state index < -0.39 is 17.5 Å². The number of carboxylic acids is 1. The molecule has 0 aromatic heterocycles. The second-order valence-corrected chi connectivity index (χ2v) is 10.1. The third kappa shape index (κ3) is 4.24. The summed E-state index contributed by atoms with van der Waals surface area (Å²) in [5, 5.41) is 12.9. The van der Waals surface area contributed by atoms with Crippen molar-refractivity contribution >= 4 is 11.9 Å². The van der Waals surface area contributed by atoms with Gasteiger partial charge in [-0.05, 0) is 60.1 Å². The number of amides is 1. The first-order valence-corrected chi connectivity index (χ1v) is 11.2. The van der Waals surface area contributed by atoms with Crippen molar-refractivity contribution in [1.82, 2.24) is 5.32 Å². The molecule has 1 amide bonds. The SMILES string of the molecule is COc1ccc(-c2ccc3c(c2)CNC3=O)c(OC(CC(C)(C)C)C2(C(=O)O)CC2)c1OC. The number of methoxy groups -OCH3 is 2. The summed E-state index contributed by atoms with van der Waals surface area (Å²) >= 11 is 0. The minimum atomic E-state index is -0.910. The standard InChI is InChI=1S/C26H31NO6/c1-25(2,3)13-20(26(10-11-26)24(29)30)33-21-17(8-9-19(31-4)22(21)32-5)15-6-7-18-16(12-15)14-27-23(18)28/h6-9,12,20H,10-11,13-14H2,1-5H3,(H,27,28)(H,29,30). The Hall–Kier alpha value is -3.22. The highest BCUT2D eigenvalue weighted by atomic mass is 16.5. The van der Waals surface area contributed by atoms with Crippen LogP contribution in [0.25, 0.3) is 11.1 Å². The predicted octanol–water partition coefficient (Wildman–Crippen LogP) is 4.66. The highest BCUT2D eigenvalue weighted by Gasteiger charge is 2.58. The zero-order valence-electron chi connectivity index (χ0n) is 19.8. The molecular formula is C26H31NO6. The van der Waals surface area contributed by atoms with Crippen molar-refractivity contribution in [2.24, 2.45) is 10.8 Å². The van der Waals surface area contributed by atoms with Crippen LogP contribution in [0.5, 0.6) is 17.2 Å². The predicted molar refractivity (Wildman–Crippen MR) is 124 cm³/mol. The van der Waals surface area contributed by atoms with E-state index in [1.54, 1.807) is 26.4 Å². The third-order valence-electron chi connectivity index (χ3n) is 6.49. The lowest BCUT2D eigenvalue weighted by Gasteiger charge is -2.32. The van der Waals surface area contributed by atoms with Crippen molar-refractivity contribution in [2.45, 2.75) is 52.7 Å². The molecule has 2 N–H and O–H groups in total. The minimum Gasteiger partial charge on any atom is -0.493 e. The molecule has 1 aliphatic carbocycles. The maximum absolute atomic E-state index is 12.2. The Morgan fingerprint density at radius 2 is 1.79 bits per heavy atom. The number of hydrogen-bond acceptors (Lipinski definition) is 5. The summed E-state index contributed by atoms with van der Waals surface area (Å²) in [7, 11) is 3.10. The fraction of sp³-hybridized carbons (Fsp3) is 0.462. The zero-order valence-corrected chi connectivity index (χ0v) is 19.8. The van der Waals surface area contributed by atoms with Crippen molar-refractivity contribution in [3.8, 4) is 28.4 Å². The first-order chi connectivity index (χ1) is 15.6. The number of carboxylic acid groups (broad SMARTS) is 1. The van der Waals surface area contributed by atoms with Crippen LogP contribution >= 0.6 is 0 Å². The van der Waals surface area contributed by atoms with Crippen molar-refractivity contribution in [2.75, 3.05) is 14.2 Å². The Bertz CT molecular complexity index is 1100. The van der Waals surface area contributed by atoms with E-state index in [0.717, 1.165) is 16.7 Å². The van der Waals surface area contributed by atoms with Gasteiger partial charge in [0.15, 0.2) is 11.5 Å². The maximum Gasteiger partial charge on any atom is 0.313 e. The number of ether oxygens (including phenoxy) is 3. The van der Waals surface area contributed by atoms with Crippen LogP contribution in [0, 0.1) is 10.8 Å². The number of nitrogens with one attached hydrogen (secondary N) is 1. The number of aliphatic carboxylic acids is 1. The fourth-order valence-electron chi connectivity index (χ4n) is 4.50. The van der Waals surface area contributed by atoms with Gasteiger partial charge in [-0.2, -0.15) is 0 Å². The van der Waals surface area contributed by atoms with Crippen molar-refractivity contribution < 1.29 is 28.9 Å². The van der Waals surface area contributed by atoms with Crippen LogP contribution in [0.1, 0.15) is 56.0 Å². The van der Waals surface area contributed by atoms with Crippen LogP contribution in [0.4, 0.5) is 0 Å². The Kier molecular flexibility index (Phi) is 5.76. The summed E-state index contributed by atoms with van der Waals surface area (Å²) in [5.41, 5.74) is 2.14. The Labute approximate surface area is 194 Å². The van der Waals surface area contributed by atoms with E-state index in [0.29, 0.717) is 48.6 Å². The second-order valence-electron chi connectivity index (χ2n) is 10.1. The Morgan fingerprint density at radius 1 is 1.09 bits per heavy atom. The molecule has 1 saturated carbocycles. The average molecular weight is 454 g/mol. The molecule has 176 valence electrons. The van der Waals surface area contributed by atoms with Crippen molar-refractivity contribution in [1.29, 1.82) is 0 Å². The van der Waals surface area contributed by atoms with Crippen LogP contribution in [0.2, 0.25) is 0 Å². The number of benzene rings is 2. The molecule has 0 bridgehead atoms. The number of carbonyl (C=O) groups excluding carboxylic acids is 1. The van der Waals surface area contributed by atoms with Gasteiger partial charge in [-0.15, -0.1) is 0 Å². The molecule has 1 aliphatic heterocycles. The van der Waals surface area contributed by atoms with Gasteiger partial charge in [0, 0.05) is 17.7 Å². The average Bonchev–Trinajstić information content (AvgIpc) is 3.50. The van der Waals surface area contributed by atoms with Crippen LogP contribution in [0.3, 0.4) is 0 Å². The van der Waals surface area contributed by atoms with Crippen LogP contribution in [-0.2, 0) is 11.3 Å². The molecule has 0 radical (unpaired) electrons. The van der Waals surface area contributed by atoms with E-state index in [2.05, 4.69) is 26.1 Å². The monoisotopic (exact) mass is 453 g/mol. The van der Waals surface area contributed by atoms with Crippen LogP contribution in [-0.4, -0.2) is 37.3 Å². The van der Waals surface area contributed by atoms with E-state index in [-0.39, 0.29) is 11.3 Å². The van der Waals surface area contributed by atoms with Gasteiger partial charge in [-0.25, -0.2) is 0 Å². The molecule has 1 unspecified atom stereocenters. The molecule has 7 heteroatoms. The number of hydrogen-bond donors (Lipinski definition) is 2. The topological polar surface area (TPSA) is 94.1 Å². The molecule has 7 nitrogen and oxygen atoms in total. The van der Waals surface area contributed by atoms with E-state index in [9.17, 15) is 14.7 Å². The third-order valence-corrected chi connectivity index (χ3v) is 6.49. The van der Waals surface area contributed by atoms with Gasteiger partial charge in [-0.1, -0.05) is 26.8 Å². The highest BCUT2D eigenvalue weighted by molar-refractivity contribution is 5.99. The molecule has 2 aromatic rings. The van der Waals surface area contributed by atoms with Crippen LogP contribution < -0.4 is 19.5 Å². The first-order valence-electron chi connectivity index (χ1n) is 11.2. The smallest absolute Gasteiger partial charge is 0.313 e.